The molecule has 0 spiro atoms. The molecule has 0 amide bonds. The highest BCUT2D eigenvalue weighted by Gasteiger charge is 2.19. The summed E-state index contributed by atoms with van der Waals surface area (Å²) in [5.41, 5.74) is 0.0407. The van der Waals surface area contributed by atoms with E-state index in [1.165, 1.54) is 38.6 Å². The molecule has 27 heavy (non-hydrogen) atoms. The minimum Gasteiger partial charge on any atom is -0.496 e. The maximum absolute atomic E-state index is 14.1. The third-order valence-electron chi connectivity index (χ3n) is 3.64. The number of nitrogens with zero attached hydrogens (tertiary/aromatic N) is 3. The predicted octanol–water partition coefficient (Wildman–Crippen LogP) is 3.26. The molecule has 0 saturated carbocycles. The minimum absolute atomic E-state index is 0.127. The highest BCUT2D eigenvalue weighted by molar-refractivity contribution is 5.99. The van der Waals surface area contributed by atoms with Crippen molar-refractivity contribution in [2.45, 2.75) is 0 Å². The lowest BCUT2D eigenvalue weighted by Gasteiger charge is -2.12. The lowest BCUT2D eigenvalue weighted by Crippen LogP contribution is -2.04. The summed E-state index contributed by atoms with van der Waals surface area (Å²) < 4.78 is 29.4. The van der Waals surface area contributed by atoms with Crippen LogP contribution >= 0.6 is 0 Å². The Balaban J connectivity index is 2.09. The monoisotopic (exact) mass is 373 g/mol. The molecule has 9 nitrogen and oxygen atoms in total. The number of ether oxygens (including phenoxy) is 3. The van der Waals surface area contributed by atoms with Gasteiger partial charge < -0.3 is 14.2 Å². The minimum atomic E-state index is -1.00. The Morgan fingerprint density at radius 1 is 1.19 bits per heavy atom. The molecule has 138 valence electrons. The van der Waals surface area contributed by atoms with Crippen LogP contribution in [0.5, 0.6) is 17.4 Å². The van der Waals surface area contributed by atoms with Gasteiger partial charge in [-0.3, -0.25) is 15.1 Å². The van der Waals surface area contributed by atoms with Crippen molar-refractivity contribution in [1.29, 1.82) is 0 Å². The zero-order valence-corrected chi connectivity index (χ0v) is 14.1. The summed E-state index contributed by atoms with van der Waals surface area (Å²) in [6, 6.07) is 5.09. The van der Waals surface area contributed by atoms with Crippen molar-refractivity contribution in [2.75, 3.05) is 14.2 Å². The van der Waals surface area contributed by atoms with Gasteiger partial charge in [-0.2, -0.15) is 0 Å². The third kappa shape index (κ3) is 3.45. The zero-order chi connectivity index (χ0) is 19.6. The molecular formula is C17H12FN3O6. The van der Waals surface area contributed by atoms with E-state index in [2.05, 4.69) is 9.97 Å². The van der Waals surface area contributed by atoms with Crippen molar-refractivity contribution >= 4 is 22.6 Å². The average Bonchev–Trinajstić information content (AvgIpc) is 2.67. The van der Waals surface area contributed by atoms with Gasteiger partial charge in [-0.15, -0.1) is 0 Å². The molecule has 0 atom stereocenters. The van der Waals surface area contributed by atoms with E-state index in [1.54, 1.807) is 0 Å². The van der Waals surface area contributed by atoms with Crippen LogP contribution in [0.25, 0.3) is 10.9 Å². The number of carbonyl (C=O) groups excluding carboxylic acids is 1. The summed E-state index contributed by atoms with van der Waals surface area (Å²) in [6.07, 6.45) is 2.29. The Bertz CT molecular complexity index is 1060. The van der Waals surface area contributed by atoms with E-state index in [0.29, 0.717) is 17.0 Å². The van der Waals surface area contributed by atoms with Gasteiger partial charge in [0, 0.05) is 17.6 Å². The number of halogens is 1. The molecule has 10 heteroatoms. The van der Waals surface area contributed by atoms with Crippen LogP contribution in [0, 0.1) is 15.9 Å². The van der Waals surface area contributed by atoms with Gasteiger partial charge in [0.15, 0.2) is 5.82 Å². The lowest BCUT2D eigenvalue weighted by molar-refractivity contribution is -0.385. The van der Waals surface area contributed by atoms with Gasteiger partial charge in [-0.1, -0.05) is 0 Å². The van der Waals surface area contributed by atoms with Crippen molar-refractivity contribution in [3.63, 3.8) is 0 Å². The average molecular weight is 373 g/mol. The largest absolute Gasteiger partial charge is 0.496 e. The van der Waals surface area contributed by atoms with E-state index in [-0.39, 0.29) is 17.1 Å². The van der Waals surface area contributed by atoms with Gasteiger partial charge >= 0.3 is 5.97 Å². The maximum atomic E-state index is 14.1. The molecule has 0 fully saturated rings. The summed E-state index contributed by atoms with van der Waals surface area (Å²) in [5, 5.41) is 11.1. The first-order valence-electron chi connectivity index (χ1n) is 7.47. The maximum Gasteiger partial charge on any atom is 0.341 e. The standard InChI is InChI=1S/C17H12FN3O6/c1-25-15-7-13-10(6-11(15)17(22)26-2)14(3-4-19-13)27-16-12(18)5-9(8-20-16)21(23)24/h3-8H,1-2H3. The quantitative estimate of drug-likeness (QED) is 0.380. The number of aromatic nitrogens is 2. The summed E-state index contributed by atoms with van der Waals surface area (Å²) in [4.78, 5) is 29.7. The van der Waals surface area contributed by atoms with E-state index in [1.807, 2.05) is 0 Å². The van der Waals surface area contributed by atoms with Crippen LogP contribution in [0.2, 0.25) is 0 Å². The second kappa shape index (κ2) is 7.20. The Morgan fingerprint density at radius 2 is 1.96 bits per heavy atom. The van der Waals surface area contributed by atoms with Crippen molar-refractivity contribution in [3.8, 4) is 17.4 Å². The highest BCUT2D eigenvalue weighted by atomic mass is 19.1. The Hall–Kier alpha value is -3.82. The zero-order valence-electron chi connectivity index (χ0n) is 14.1. The third-order valence-corrected chi connectivity index (χ3v) is 3.64. The number of esters is 1. The number of hydrogen-bond donors (Lipinski definition) is 0. The van der Waals surface area contributed by atoms with Gasteiger partial charge in [0.25, 0.3) is 11.6 Å². The Labute approximate surface area is 151 Å². The summed E-state index contributed by atoms with van der Waals surface area (Å²) in [7, 11) is 2.62. The van der Waals surface area contributed by atoms with Gasteiger partial charge in [0.1, 0.15) is 23.3 Å². The number of methoxy groups -OCH3 is 2. The predicted molar refractivity (Wildman–Crippen MR) is 90.6 cm³/mol. The molecule has 3 rings (SSSR count). The molecule has 1 aromatic carbocycles. The molecule has 0 radical (unpaired) electrons. The van der Waals surface area contributed by atoms with Gasteiger partial charge in [-0.05, 0) is 12.1 Å². The molecule has 0 aliphatic carbocycles. The van der Waals surface area contributed by atoms with Crippen molar-refractivity contribution < 1.29 is 28.3 Å². The summed E-state index contributed by atoms with van der Waals surface area (Å²) >= 11 is 0. The van der Waals surface area contributed by atoms with Crippen molar-refractivity contribution in [2.24, 2.45) is 0 Å². The van der Waals surface area contributed by atoms with E-state index in [9.17, 15) is 19.3 Å². The van der Waals surface area contributed by atoms with Gasteiger partial charge in [0.05, 0.1) is 30.7 Å². The normalized spacial score (nSPS) is 10.5. The Kier molecular flexibility index (Phi) is 4.79. The van der Waals surface area contributed by atoms with Gasteiger partial charge in [0.2, 0.25) is 0 Å². The number of rotatable bonds is 5. The Morgan fingerprint density at radius 3 is 2.59 bits per heavy atom. The van der Waals surface area contributed by atoms with E-state index >= 15 is 0 Å². The molecule has 2 aromatic heterocycles. The van der Waals surface area contributed by atoms with Crippen LogP contribution in [0.4, 0.5) is 10.1 Å². The van der Waals surface area contributed by atoms with Crippen LogP contribution in [0.15, 0.2) is 36.7 Å². The molecule has 0 unspecified atom stereocenters. The van der Waals surface area contributed by atoms with Crippen LogP contribution in [0.1, 0.15) is 10.4 Å². The first kappa shape index (κ1) is 18.0. The summed E-state index contributed by atoms with van der Waals surface area (Å²) in [6.45, 7) is 0. The number of carbonyl (C=O) groups is 1. The van der Waals surface area contributed by atoms with Crippen molar-refractivity contribution in [3.05, 3.63) is 58.2 Å². The highest BCUT2D eigenvalue weighted by Crippen LogP contribution is 2.34. The van der Waals surface area contributed by atoms with Crippen LogP contribution in [-0.4, -0.2) is 35.1 Å². The fourth-order valence-electron chi connectivity index (χ4n) is 2.37. The molecule has 0 bridgehead atoms. The lowest BCUT2D eigenvalue weighted by atomic mass is 10.1. The fourth-order valence-corrected chi connectivity index (χ4v) is 2.37. The molecule has 0 N–H and O–H groups in total. The van der Waals surface area contributed by atoms with Crippen LogP contribution in [0.3, 0.4) is 0 Å². The first-order chi connectivity index (χ1) is 12.9. The van der Waals surface area contributed by atoms with Crippen molar-refractivity contribution in [1.82, 2.24) is 9.97 Å². The number of pyridine rings is 2. The van der Waals surface area contributed by atoms with E-state index in [0.717, 1.165) is 6.20 Å². The van der Waals surface area contributed by atoms with E-state index < -0.39 is 28.3 Å². The second-order valence-corrected chi connectivity index (χ2v) is 5.21. The number of hydrogen-bond acceptors (Lipinski definition) is 8. The van der Waals surface area contributed by atoms with Crippen LogP contribution in [-0.2, 0) is 4.74 Å². The van der Waals surface area contributed by atoms with Gasteiger partial charge in [-0.25, -0.2) is 14.2 Å². The fraction of sp³-hybridized carbons (Fsp3) is 0.118. The smallest absolute Gasteiger partial charge is 0.341 e. The van der Waals surface area contributed by atoms with Crippen LogP contribution < -0.4 is 9.47 Å². The first-order valence-corrected chi connectivity index (χ1v) is 7.47. The second-order valence-electron chi connectivity index (χ2n) is 5.21. The molecule has 0 aliphatic heterocycles. The SMILES string of the molecule is COC(=O)c1cc2c(Oc3ncc([N+](=O)[O-])cc3F)ccnc2cc1OC. The molecular weight excluding hydrogens is 361 g/mol. The number of benzene rings is 1. The summed E-state index contributed by atoms with van der Waals surface area (Å²) in [5.74, 6) is -1.70. The molecule has 0 aliphatic rings. The number of fused-ring (bicyclic) bond motifs is 1. The topological polar surface area (TPSA) is 114 Å². The molecule has 3 aromatic rings. The van der Waals surface area contributed by atoms with E-state index in [4.69, 9.17) is 14.2 Å². The molecule has 2 heterocycles. The number of nitro groups is 1. The molecule has 0 saturated heterocycles.